The van der Waals surface area contributed by atoms with Gasteiger partial charge in [0.2, 0.25) is 0 Å². The van der Waals surface area contributed by atoms with Crippen molar-refractivity contribution < 1.29 is 14.3 Å². The number of esters is 1. The Morgan fingerprint density at radius 2 is 2.23 bits per heavy atom. The van der Waals surface area contributed by atoms with Crippen molar-refractivity contribution in [3.05, 3.63) is 0 Å². The first-order valence-electron chi connectivity index (χ1n) is 4.45. The fourth-order valence-electron chi connectivity index (χ4n) is 0.910. The first-order chi connectivity index (χ1) is 6.20. The molecule has 0 aromatic heterocycles. The smallest absolute Gasteiger partial charge is 0.305 e. The zero-order valence-electron chi connectivity index (χ0n) is 7.79. The maximum Gasteiger partial charge on any atom is 0.305 e. The van der Waals surface area contributed by atoms with E-state index in [-0.39, 0.29) is 10.8 Å². The van der Waals surface area contributed by atoms with Crippen molar-refractivity contribution in [1.82, 2.24) is 0 Å². The van der Waals surface area contributed by atoms with Gasteiger partial charge in [-0.25, -0.2) is 0 Å². The van der Waals surface area contributed by atoms with Crippen molar-refractivity contribution >= 4 is 28.2 Å². The molecule has 0 N–H and O–H groups in total. The predicted octanol–water partition coefficient (Wildman–Crippen LogP) is 2.07. The molecule has 0 saturated carbocycles. The maximum atomic E-state index is 10.9. The van der Waals surface area contributed by atoms with Gasteiger partial charge in [0, 0.05) is 6.42 Å². The molecule has 0 aliphatic carbocycles. The van der Waals surface area contributed by atoms with Gasteiger partial charge in [0.1, 0.15) is 6.29 Å². The SMILES string of the molecule is CCOC(=O)CCCCC(Br)C=O. The molecule has 0 bridgehead atoms. The number of aldehydes is 1. The maximum absolute atomic E-state index is 10.9. The summed E-state index contributed by atoms with van der Waals surface area (Å²) >= 11 is 3.19. The zero-order valence-corrected chi connectivity index (χ0v) is 9.38. The Morgan fingerprint density at radius 3 is 2.77 bits per heavy atom. The molecule has 0 saturated heterocycles. The molecule has 1 unspecified atom stereocenters. The molecule has 0 rings (SSSR count). The summed E-state index contributed by atoms with van der Waals surface area (Å²) in [4.78, 5) is 21.0. The van der Waals surface area contributed by atoms with Gasteiger partial charge in [0.25, 0.3) is 0 Å². The Morgan fingerprint density at radius 1 is 1.54 bits per heavy atom. The first-order valence-corrected chi connectivity index (χ1v) is 5.37. The Kier molecular flexibility index (Phi) is 7.99. The van der Waals surface area contributed by atoms with E-state index in [0.717, 1.165) is 25.5 Å². The minimum absolute atomic E-state index is 0.0744. The summed E-state index contributed by atoms with van der Waals surface area (Å²) in [6, 6.07) is 0. The molecule has 0 aliphatic rings. The normalized spacial score (nSPS) is 12.2. The Labute approximate surface area is 87.0 Å². The molecule has 13 heavy (non-hydrogen) atoms. The lowest BCUT2D eigenvalue weighted by molar-refractivity contribution is -0.143. The Bertz CT molecular complexity index is 159. The quantitative estimate of drug-likeness (QED) is 0.301. The number of rotatable bonds is 7. The van der Waals surface area contributed by atoms with Gasteiger partial charge < -0.3 is 9.53 Å². The second-order valence-corrected chi connectivity index (χ2v) is 3.88. The summed E-state index contributed by atoms with van der Waals surface area (Å²) in [6.45, 7) is 2.23. The van der Waals surface area contributed by atoms with Gasteiger partial charge in [-0.05, 0) is 19.8 Å². The Balaban J connectivity index is 3.25. The van der Waals surface area contributed by atoms with E-state index in [1.54, 1.807) is 6.92 Å². The molecule has 1 atom stereocenters. The molecule has 4 heteroatoms. The highest BCUT2D eigenvalue weighted by Crippen LogP contribution is 2.09. The summed E-state index contributed by atoms with van der Waals surface area (Å²) in [5.74, 6) is -0.153. The van der Waals surface area contributed by atoms with Crippen molar-refractivity contribution in [3.63, 3.8) is 0 Å². The van der Waals surface area contributed by atoms with Crippen molar-refractivity contribution in [2.45, 2.75) is 37.4 Å². The average molecular weight is 251 g/mol. The van der Waals surface area contributed by atoms with E-state index in [4.69, 9.17) is 4.74 Å². The number of unbranched alkanes of at least 4 members (excludes halogenated alkanes) is 1. The Hall–Kier alpha value is -0.380. The number of ether oxygens (including phenoxy) is 1. The third-order valence-corrected chi connectivity index (χ3v) is 2.24. The van der Waals surface area contributed by atoms with Crippen molar-refractivity contribution in [3.8, 4) is 0 Å². The highest BCUT2D eigenvalue weighted by atomic mass is 79.9. The number of halogens is 1. The number of carbonyl (C=O) groups excluding carboxylic acids is 2. The molecular weight excluding hydrogens is 236 g/mol. The third kappa shape index (κ3) is 7.96. The van der Waals surface area contributed by atoms with Crippen LogP contribution in [-0.4, -0.2) is 23.7 Å². The van der Waals surface area contributed by atoms with E-state index in [2.05, 4.69) is 15.9 Å². The molecule has 0 radical (unpaired) electrons. The van der Waals surface area contributed by atoms with Gasteiger partial charge >= 0.3 is 5.97 Å². The van der Waals surface area contributed by atoms with Gasteiger partial charge in [0.05, 0.1) is 11.4 Å². The summed E-state index contributed by atoms with van der Waals surface area (Å²) in [7, 11) is 0. The van der Waals surface area contributed by atoms with Crippen molar-refractivity contribution in [2.75, 3.05) is 6.61 Å². The highest BCUT2D eigenvalue weighted by molar-refractivity contribution is 9.09. The number of alkyl halides is 1. The van der Waals surface area contributed by atoms with E-state index in [1.807, 2.05) is 0 Å². The number of hydrogen-bond acceptors (Lipinski definition) is 3. The zero-order chi connectivity index (χ0) is 10.1. The molecule has 0 spiro atoms. The van der Waals surface area contributed by atoms with Crippen LogP contribution in [-0.2, 0) is 14.3 Å². The fourth-order valence-corrected chi connectivity index (χ4v) is 1.23. The third-order valence-electron chi connectivity index (χ3n) is 1.56. The highest BCUT2D eigenvalue weighted by Gasteiger charge is 2.03. The number of carbonyl (C=O) groups is 2. The summed E-state index contributed by atoms with van der Waals surface area (Å²) in [5, 5.41) is 0. The lowest BCUT2D eigenvalue weighted by Crippen LogP contribution is -2.04. The molecule has 0 amide bonds. The van der Waals surface area contributed by atoms with E-state index in [9.17, 15) is 9.59 Å². The average Bonchev–Trinajstić information content (AvgIpc) is 2.12. The second kappa shape index (κ2) is 8.23. The molecule has 0 fully saturated rings. The summed E-state index contributed by atoms with van der Waals surface area (Å²) in [6.07, 6.45) is 3.75. The summed E-state index contributed by atoms with van der Waals surface area (Å²) < 4.78 is 4.76. The van der Waals surface area contributed by atoms with E-state index in [0.29, 0.717) is 13.0 Å². The van der Waals surface area contributed by atoms with Crippen LogP contribution in [0.15, 0.2) is 0 Å². The lowest BCUT2D eigenvalue weighted by Gasteiger charge is -2.02. The van der Waals surface area contributed by atoms with Crippen LogP contribution in [0.4, 0.5) is 0 Å². The van der Waals surface area contributed by atoms with Crippen LogP contribution in [0.5, 0.6) is 0 Å². The molecule has 0 aliphatic heterocycles. The van der Waals surface area contributed by atoms with Gasteiger partial charge in [-0.15, -0.1) is 0 Å². The monoisotopic (exact) mass is 250 g/mol. The molecule has 0 heterocycles. The van der Waals surface area contributed by atoms with Gasteiger partial charge in [-0.3, -0.25) is 4.79 Å². The van der Waals surface area contributed by atoms with Gasteiger partial charge in [-0.2, -0.15) is 0 Å². The predicted molar refractivity (Wildman–Crippen MR) is 53.9 cm³/mol. The van der Waals surface area contributed by atoms with E-state index >= 15 is 0 Å². The van der Waals surface area contributed by atoms with Crippen molar-refractivity contribution in [1.29, 1.82) is 0 Å². The van der Waals surface area contributed by atoms with Gasteiger partial charge in [-0.1, -0.05) is 22.4 Å². The molecular formula is C9H15BrO3. The summed E-state index contributed by atoms with van der Waals surface area (Å²) in [5.41, 5.74) is 0. The topological polar surface area (TPSA) is 43.4 Å². The van der Waals surface area contributed by atoms with E-state index < -0.39 is 0 Å². The molecule has 0 aromatic carbocycles. The van der Waals surface area contributed by atoms with Crippen LogP contribution >= 0.6 is 15.9 Å². The van der Waals surface area contributed by atoms with Crippen LogP contribution in [0.3, 0.4) is 0 Å². The van der Waals surface area contributed by atoms with Crippen molar-refractivity contribution in [2.24, 2.45) is 0 Å². The van der Waals surface area contributed by atoms with Crippen LogP contribution < -0.4 is 0 Å². The van der Waals surface area contributed by atoms with Crippen LogP contribution in [0, 0.1) is 0 Å². The largest absolute Gasteiger partial charge is 0.466 e. The molecule has 3 nitrogen and oxygen atoms in total. The van der Waals surface area contributed by atoms with Crippen LogP contribution in [0.1, 0.15) is 32.6 Å². The van der Waals surface area contributed by atoms with Crippen LogP contribution in [0.2, 0.25) is 0 Å². The fraction of sp³-hybridized carbons (Fsp3) is 0.778. The molecule has 76 valence electrons. The number of hydrogen-bond donors (Lipinski definition) is 0. The lowest BCUT2D eigenvalue weighted by atomic mass is 10.1. The molecule has 0 aromatic rings. The van der Waals surface area contributed by atoms with E-state index in [1.165, 1.54) is 0 Å². The first kappa shape index (κ1) is 12.6. The van der Waals surface area contributed by atoms with Crippen LogP contribution in [0.25, 0.3) is 0 Å². The van der Waals surface area contributed by atoms with Gasteiger partial charge in [0.15, 0.2) is 0 Å². The second-order valence-electron chi connectivity index (χ2n) is 2.70. The standard InChI is InChI=1S/C9H15BrO3/c1-2-13-9(12)6-4-3-5-8(10)7-11/h7-8H,2-6H2,1H3. The minimum Gasteiger partial charge on any atom is -0.466 e. The minimum atomic E-state index is -0.153.